The molecule has 98 valence electrons. The number of aliphatic imine (C=N–C) groups is 1. The zero-order valence-corrected chi connectivity index (χ0v) is 10.9. The minimum atomic E-state index is 0.153. The zero-order chi connectivity index (χ0) is 14.1. The lowest BCUT2D eigenvalue weighted by Crippen LogP contribution is -2.04. The lowest BCUT2D eigenvalue weighted by molar-refractivity contribution is 0.146. The van der Waals surface area contributed by atoms with Gasteiger partial charge in [0.2, 0.25) is 0 Å². The Kier molecular flexibility index (Phi) is 6.07. The van der Waals surface area contributed by atoms with Crippen molar-refractivity contribution in [2.24, 2.45) is 4.99 Å². The van der Waals surface area contributed by atoms with Crippen LogP contribution in [0.1, 0.15) is 5.56 Å². The number of rotatable bonds is 7. The Morgan fingerprint density at radius 3 is 2.58 bits per heavy atom. The molecule has 0 N–H and O–H groups in total. The average molecular weight is 256 g/mol. The Hall–Kier alpha value is -2.38. The fraction of sp³-hybridized carbons (Fsp3) is 0.200. The van der Waals surface area contributed by atoms with Crippen LogP contribution in [0.15, 0.2) is 48.1 Å². The molecule has 0 spiro atoms. The van der Waals surface area contributed by atoms with Crippen LogP contribution < -0.4 is 4.74 Å². The normalized spacial score (nSPS) is 10.1. The largest absolute Gasteiger partial charge is 0.491 e. The summed E-state index contributed by atoms with van der Waals surface area (Å²) in [6.45, 7) is 8.41. The first kappa shape index (κ1) is 14.7. The lowest BCUT2D eigenvalue weighted by atomic mass is 10.1. The SMILES string of the molecule is C=C(C#N)N=CC(=C)c1ccc(OCCOC)cc1. The van der Waals surface area contributed by atoms with Crippen molar-refractivity contribution >= 4 is 11.8 Å². The van der Waals surface area contributed by atoms with Crippen molar-refractivity contribution in [2.75, 3.05) is 20.3 Å². The van der Waals surface area contributed by atoms with Crippen LogP contribution in [-0.2, 0) is 4.74 Å². The molecular weight excluding hydrogens is 240 g/mol. The van der Waals surface area contributed by atoms with Crippen molar-refractivity contribution in [3.8, 4) is 11.8 Å². The third kappa shape index (κ3) is 5.19. The molecule has 0 heterocycles. The molecule has 4 heteroatoms. The van der Waals surface area contributed by atoms with Gasteiger partial charge in [-0.2, -0.15) is 5.26 Å². The molecule has 0 aromatic heterocycles. The zero-order valence-electron chi connectivity index (χ0n) is 10.9. The number of allylic oxidation sites excluding steroid dienone is 2. The fourth-order valence-electron chi connectivity index (χ4n) is 1.27. The van der Waals surface area contributed by atoms with Gasteiger partial charge in [-0.1, -0.05) is 25.3 Å². The standard InChI is InChI=1S/C15H16N2O2/c1-12(11-17-13(2)10-16)14-4-6-15(7-5-14)19-9-8-18-3/h4-7,11H,1-2,8-9H2,3H3. The molecule has 1 aromatic rings. The van der Waals surface area contributed by atoms with Gasteiger partial charge in [0.1, 0.15) is 24.1 Å². The summed E-state index contributed by atoms with van der Waals surface area (Å²) >= 11 is 0. The molecule has 0 radical (unpaired) electrons. The van der Waals surface area contributed by atoms with Crippen LogP contribution in [0.2, 0.25) is 0 Å². The molecule has 4 nitrogen and oxygen atoms in total. The molecule has 0 bridgehead atoms. The number of hydrogen-bond acceptors (Lipinski definition) is 4. The monoisotopic (exact) mass is 256 g/mol. The van der Waals surface area contributed by atoms with Crippen LogP contribution in [-0.4, -0.2) is 26.5 Å². The molecule has 19 heavy (non-hydrogen) atoms. The van der Waals surface area contributed by atoms with E-state index >= 15 is 0 Å². The maximum absolute atomic E-state index is 8.54. The number of methoxy groups -OCH3 is 1. The highest BCUT2D eigenvalue weighted by molar-refractivity contribution is 6.09. The molecule has 0 aliphatic carbocycles. The first-order valence-corrected chi connectivity index (χ1v) is 5.71. The van der Waals surface area contributed by atoms with Gasteiger partial charge in [0.05, 0.1) is 6.61 Å². The van der Waals surface area contributed by atoms with Gasteiger partial charge in [0.15, 0.2) is 0 Å². The van der Waals surface area contributed by atoms with Crippen molar-refractivity contribution in [3.05, 3.63) is 48.7 Å². The van der Waals surface area contributed by atoms with Crippen LogP contribution >= 0.6 is 0 Å². The van der Waals surface area contributed by atoms with E-state index in [1.165, 1.54) is 6.21 Å². The summed E-state index contributed by atoms with van der Waals surface area (Å²) < 4.78 is 10.4. The van der Waals surface area contributed by atoms with E-state index < -0.39 is 0 Å². The van der Waals surface area contributed by atoms with Gasteiger partial charge >= 0.3 is 0 Å². The minimum Gasteiger partial charge on any atom is -0.491 e. The van der Waals surface area contributed by atoms with Gasteiger partial charge in [-0.05, 0) is 23.3 Å². The summed E-state index contributed by atoms with van der Waals surface area (Å²) in [4.78, 5) is 3.87. The van der Waals surface area contributed by atoms with E-state index in [2.05, 4.69) is 18.2 Å². The van der Waals surface area contributed by atoms with Crippen LogP contribution in [0, 0.1) is 11.3 Å². The van der Waals surface area contributed by atoms with Crippen LogP contribution in [0.25, 0.3) is 5.57 Å². The van der Waals surface area contributed by atoms with Crippen LogP contribution in [0.5, 0.6) is 5.75 Å². The Labute approximate surface area is 113 Å². The second kappa shape index (κ2) is 7.85. The number of ether oxygens (including phenoxy) is 2. The van der Waals surface area contributed by atoms with Crippen LogP contribution in [0.3, 0.4) is 0 Å². The van der Waals surface area contributed by atoms with E-state index in [1.807, 2.05) is 30.3 Å². The first-order chi connectivity index (χ1) is 9.17. The van der Waals surface area contributed by atoms with E-state index in [4.69, 9.17) is 14.7 Å². The molecule has 1 aromatic carbocycles. The smallest absolute Gasteiger partial charge is 0.133 e. The van der Waals surface area contributed by atoms with E-state index in [0.29, 0.717) is 18.8 Å². The number of nitrogens with zero attached hydrogens (tertiary/aromatic N) is 2. The maximum Gasteiger partial charge on any atom is 0.133 e. The second-order valence-electron chi connectivity index (χ2n) is 3.71. The molecule has 0 saturated carbocycles. The molecule has 1 rings (SSSR count). The number of hydrogen-bond donors (Lipinski definition) is 0. The third-order valence-corrected chi connectivity index (χ3v) is 2.29. The van der Waals surface area contributed by atoms with E-state index in [9.17, 15) is 0 Å². The Morgan fingerprint density at radius 2 is 2.00 bits per heavy atom. The predicted molar refractivity (Wildman–Crippen MR) is 76.1 cm³/mol. The van der Waals surface area contributed by atoms with Crippen molar-refractivity contribution in [1.82, 2.24) is 0 Å². The van der Waals surface area contributed by atoms with Crippen molar-refractivity contribution < 1.29 is 9.47 Å². The maximum atomic E-state index is 8.54. The Bertz CT molecular complexity index is 510. The highest BCUT2D eigenvalue weighted by Gasteiger charge is 1.98. The highest BCUT2D eigenvalue weighted by atomic mass is 16.5. The van der Waals surface area contributed by atoms with E-state index in [1.54, 1.807) is 7.11 Å². The van der Waals surface area contributed by atoms with Crippen LogP contribution in [0.4, 0.5) is 0 Å². The molecule has 0 fully saturated rings. The summed E-state index contributed by atoms with van der Waals surface area (Å²) in [5, 5.41) is 8.54. The molecule has 0 saturated heterocycles. The molecule has 0 atom stereocenters. The Morgan fingerprint density at radius 1 is 1.32 bits per heavy atom. The number of nitriles is 1. The van der Waals surface area contributed by atoms with Gasteiger partial charge < -0.3 is 9.47 Å². The molecule has 0 unspecified atom stereocenters. The van der Waals surface area contributed by atoms with Crippen molar-refractivity contribution in [2.45, 2.75) is 0 Å². The van der Waals surface area contributed by atoms with Gasteiger partial charge in [-0.15, -0.1) is 0 Å². The lowest BCUT2D eigenvalue weighted by Gasteiger charge is -2.06. The Balaban J connectivity index is 2.61. The third-order valence-electron chi connectivity index (χ3n) is 2.29. The number of benzene rings is 1. The summed E-state index contributed by atoms with van der Waals surface area (Å²) in [5.41, 5.74) is 1.77. The summed E-state index contributed by atoms with van der Waals surface area (Å²) in [5.74, 6) is 0.770. The average Bonchev–Trinajstić information content (AvgIpc) is 2.45. The summed E-state index contributed by atoms with van der Waals surface area (Å²) in [6.07, 6.45) is 1.52. The second-order valence-corrected chi connectivity index (χ2v) is 3.71. The van der Waals surface area contributed by atoms with E-state index in [0.717, 1.165) is 11.3 Å². The molecule has 0 aliphatic rings. The predicted octanol–water partition coefficient (Wildman–Crippen LogP) is 2.83. The van der Waals surface area contributed by atoms with E-state index in [-0.39, 0.29) is 5.70 Å². The molecule has 0 amide bonds. The van der Waals surface area contributed by atoms with Gasteiger partial charge in [-0.25, -0.2) is 4.99 Å². The summed E-state index contributed by atoms with van der Waals surface area (Å²) in [6, 6.07) is 9.31. The van der Waals surface area contributed by atoms with Crippen molar-refractivity contribution in [1.29, 1.82) is 5.26 Å². The van der Waals surface area contributed by atoms with Crippen molar-refractivity contribution in [3.63, 3.8) is 0 Å². The fourth-order valence-corrected chi connectivity index (χ4v) is 1.27. The first-order valence-electron chi connectivity index (χ1n) is 5.71. The van der Waals surface area contributed by atoms with Gasteiger partial charge in [-0.3, -0.25) is 0 Å². The summed E-state index contributed by atoms with van der Waals surface area (Å²) in [7, 11) is 1.63. The quantitative estimate of drug-likeness (QED) is 0.428. The van der Waals surface area contributed by atoms with Gasteiger partial charge in [0.25, 0.3) is 0 Å². The van der Waals surface area contributed by atoms with Gasteiger partial charge in [0, 0.05) is 13.3 Å². The minimum absolute atomic E-state index is 0.153. The topological polar surface area (TPSA) is 54.6 Å². The highest BCUT2D eigenvalue weighted by Crippen LogP contribution is 2.16. The molecular formula is C15H16N2O2. The molecule has 0 aliphatic heterocycles.